The summed E-state index contributed by atoms with van der Waals surface area (Å²) >= 11 is 0. The second-order valence-corrected chi connectivity index (χ2v) is 6.17. The first-order valence-corrected chi connectivity index (χ1v) is 7.55. The van der Waals surface area contributed by atoms with E-state index in [1.165, 1.54) is 0 Å². The molecule has 4 rings (SSSR count). The van der Waals surface area contributed by atoms with Crippen molar-refractivity contribution >= 4 is 28.6 Å². The smallest absolute Gasteiger partial charge is 0.229 e. The third-order valence-electron chi connectivity index (χ3n) is 4.31. The van der Waals surface area contributed by atoms with Crippen LogP contribution in [0.2, 0.25) is 0 Å². The lowest BCUT2D eigenvalue weighted by Crippen LogP contribution is -2.25. The second kappa shape index (κ2) is 4.83. The number of carbonyl (C=O) groups is 2. The minimum atomic E-state index is -0.287. The number of hydrogen-bond donors (Lipinski definition) is 1. The number of carbonyl (C=O) groups excluding carboxylic acids is 2. The van der Waals surface area contributed by atoms with E-state index in [2.05, 4.69) is 10.3 Å². The molecule has 1 aromatic carbocycles. The molecular weight excluding hydrogens is 282 g/mol. The topological polar surface area (TPSA) is 75.4 Å². The molecule has 0 radical (unpaired) electrons. The van der Waals surface area contributed by atoms with Crippen molar-refractivity contribution < 1.29 is 14.0 Å². The van der Waals surface area contributed by atoms with Gasteiger partial charge >= 0.3 is 0 Å². The summed E-state index contributed by atoms with van der Waals surface area (Å²) in [5, 5.41) is 2.87. The normalized spacial score (nSPS) is 21.6. The number of nitrogens with zero attached hydrogens (tertiary/aromatic N) is 2. The first-order chi connectivity index (χ1) is 10.6. The van der Waals surface area contributed by atoms with Crippen molar-refractivity contribution in [2.24, 2.45) is 5.92 Å². The molecule has 1 saturated carbocycles. The van der Waals surface area contributed by atoms with Crippen LogP contribution in [-0.4, -0.2) is 35.3 Å². The van der Waals surface area contributed by atoms with Crippen molar-refractivity contribution in [2.45, 2.75) is 25.2 Å². The van der Waals surface area contributed by atoms with Gasteiger partial charge in [0.1, 0.15) is 5.52 Å². The fourth-order valence-electron chi connectivity index (χ4n) is 2.81. The maximum absolute atomic E-state index is 12.2. The molecule has 2 fully saturated rings. The zero-order valence-corrected chi connectivity index (χ0v) is 12.3. The van der Waals surface area contributed by atoms with E-state index in [1.807, 2.05) is 12.1 Å². The SMILES string of the molecule is CN1C[C@H](C(=O)Nc2ccc3nc(C4CC4)oc3c2)CC1=O. The summed E-state index contributed by atoms with van der Waals surface area (Å²) < 4.78 is 5.75. The highest BCUT2D eigenvalue weighted by molar-refractivity contribution is 5.98. The van der Waals surface area contributed by atoms with E-state index in [0.29, 0.717) is 23.7 Å². The van der Waals surface area contributed by atoms with Gasteiger partial charge < -0.3 is 14.6 Å². The number of amides is 2. The average molecular weight is 299 g/mol. The predicted octanol–water partition coefficient (Wildman–Crippen LogP) is 2.12. The summed E-state index contributed by atoms with van der Waals surface area (Å²) in [7, 11) is 1.72. The minimum absolute atomic E-state index is 0.0138. The van der Waals surface area contributed by atoms with Gasteiger partial charge in [0.15, 0.2) is 11.5 Å². The van der Waals surface area contributed by atoms with E-state index in [9.17, 15) is 9.59 Å². The lowest BCUT2D eigenvalue weighted by Gasteiger charge is -2.10. The number of likely N-dealkylation sites (tertiary alicyclic amines) is 1. The molecule has 0 unspecified atom stereocenters. The van der Waals surface area contributed by atoms with Crippen molar-refractivity contribution in [1.82, 2.24) is 9.88 Å². The fraction of sp³-hybridized carbons (Fsp3) is 0.438. The average Bonchev–Trinajstić information content (AvgIpc) is 3.17. The molecule has 6 heteroatoms. The Morgan fingerprint density at radius 2 is 2.23 bits per heavy atom. The van der Waals surface area contributed by atoms with Crippen molar-refractivity contribution in [3.05, 3.63) is 24.1 Å². The molecule has 22 heavy (non-hydrogen) atoms. The highest BCUT2D eigenvalue weighted by Gasteiger charge is 2.32. The van der Waals surface area contributed by atoms with Crippen LogP contribution in [0.15, 0.2) is 22.6 Å². The molecule has 0 bridgehead atoms. The number of fused-ring (bicyclic) bond motifs is 1. The third-order valence-corrected chi connectivity index (χ3v) is 4.31. The summed E-state index contributed by atoms with van der Waals surface area (Å²) in [5.41, 5.74) is 2.19. The first kappa shape index (κ1) is 13.3. The summed E-state index contributed by atoms with van der Waals surface area (Å²) in [6.45, 7) is 0.473. The highest BCUT2D eigenvalue weighted by atomic mass is 16.3. The lowest BCUT2D eigenvalue weighted by molar-refractivity contribution is -0.127. The van der Waals surface area contributed by atoms with Gasteiger partial charge in [0.2, 0.25) is 11.8 Å². The van der Waals surface area contributed by atoms with Crippen LogP contribution in [0, 0.1) is 5.92 Å². The molecule has 1 aromatic heterocycles. The van der Waals surface area contributed by atoms with Gasteiger partial charge in [0.05, 0.1) is 5.92 Å². The molecule has 2 aromatic rings. The standard InChI is InChI=1S/C16H17N3O3/c1-19-8-10(6-14(19)20)15(21)17-11-4-5-12-13(7-11)22-16(18-12)9-2-3-9/h4-5,7,9-10H,2-3,6,8H2,1H3,(H,17,21)/t10-/m1/s1. The molecule has 2 aliphatic rings. The Morgan fingerprint density at radius 3 is 2.91 bits per heavy atom. The van der Waals surface area contributed by atoms with Crippen molar-refractivity contribution in [3.8, 4) is 0 Å². The van der Waals surface area contributed by atoms with Crippen LogP contribution < -0.4 is 5.32 Å². The highest BCUT2D eigenvalue weighted by Crippen LogP contribution is 2.40. The van der Waals surface area contributed by atoms with Crippen LogP contribution in [0.4, 0.5) is 5.69 Å². The Hall–Kier alpha value is -2.37. The van der Waals surface area contributed by atoms with Gasteiger partial charge in [-0.05, 0) is 25.0 Å². The summed E-state index contributed by atoms with van der Waals surface area (Å²) in [6, 6.07) is 5.47. The summed E-state index contributed by atoms with van der Waals surface area (Å²) in [4.78, 5) is 29.8. The zero-order chi connectivity index (χ0) is 15.3. The molecule has 1 atom stereocenters. The monoisotopic (exact) mass is 299 g/mol. The first-order valence-electron chi connectivity index (χ1n) is 7.55. The number of nitrogens with one attached hydrogen (secondary N) is 1. The number of rotatable bonds is 3. The van der Waals surface area contributed by atoms with E-state index in [4.69, 9.17) is 4.42 Å². The van der Waals surface area contributed by atoms with Crippen LogP contribution in [-0.2, 0) is 9.59 Å². The quantitative estimate of drug-likeness (QED) is 0.942. The Balaban J connectivity index is 1.51. The molecular formula is C16H17N3O3. The van der Waals surface area contributed by atoms with Gasteiger partial charge in [0.25, 0.3) is 0 Å². The Labute approximate surface area is 127 Å². The molecule has 1 aliphatic carbocycles. The molecule has 2 heterocycles. The van der Waals surface area contributed by atoms with Crippen molar-refractivity contribution in [3.63, 3.8) is 0 Å². The molecule has 1 aliphatic heterocycles. The Kier molecular flexibility index (Phi) is 2.92. The van der Waals surface area contributed by atoms with E-state index >= 15 is 0 Å². The maximum Gasteiger partial charge on any atom is 0.229 e. The number of benzene rings is 1. The van der Waals surface area contributed by atoms with Gasteiger partial charge in [-0.3, -0.25) is 9.59 Å². The Bertz CT molecular complexity index is 763. The maximum atomic E-state index is 12.2. The van der Waals surface area contributed by atoms with E-state index < -0.39 is 0 Å². The van der Waals surface area contributed by atoms with Gasteiger partial charge in [0, 0.05) is 37.7 Å². The van der Waals surface area contributed by atoms with Crippen LogP contribution in [0.3, 0.4) is 0 Å². The number of aromatic nitrogens is 1. The number of hydrogen-bond acceptors (Lipinski definition) is 4. The fourth-order valence-corrected chi connectivity index (χ4v) is 2.81. The largest absolute Gasteiger partial charge is 0.440 e. The molecule has 6 nitrogen and oxygen atoms in total. The van der Waals surface area contributed by atoms with E-state index in [0.717, 1.165) is 24.2 Å². The third kappa shape index (κ3) is 2.34. The molecule has 1 N–H and O–H groups in total. The van der Waals surface area contributed by atoms with Gasteiger partial charge in [-0.2, -0.15) is 0 Å². The van der Waals surface area contributed by atoms with Crippen LogP contribution in [0.5, 0.6) is 0 Å². The number of anilines is 1. The van der Waals surface area contributed by atoms with Gasteiger partial charge in [-0.15, -0.1) is 0 Å². The predicted molar refractivity (Wildman–Crippen MR) is 80.4 cm³/mol. The van der Waals surface area contributed by atoms with Gasteiger partial charge in [-0.1, -0.05) is 0 Å². The van der Waals surface area contributed by atoms with Crippen molar-refractivity contribution in [2.75, 3.05) is 18.9 Å². The van der Waals surface area contributed by atoms with Crippen LogP contribution in [0.1, 0.15) is 31.1 Å². The molecule has 0 spiro atoms. The van der Waals surface area contributed by atoms with Crippen molar-refractivity contribution in [1.29, 1.82) is 0 Å². The van der Waals surface area contributed by atoms with E-state index in [-0.39, 0.29) is 24.2 Å². The lowest BCUT2D eigenvalue weighted by atomic mass is 10.1. The minimum Gasteiger partial charge on any atom is -0.440 e. The number of oxazole rings is 1. The van der Waals surface area contributed by atoms with Crippen LogP contribution in [0.25, 0.3) is 11.1 Å². The molecule has 114 valence electrons. The van der Waals surface area contributed by atoms with Crippen LogP contribution >= 0.6 is 0 Å². The summed E-state index contributed by atoms with van der Waals surface area (Å²) in [5.74, 6) is 0.857. The molecule has 1 saturated heterocycles. The second-order valence-electron chi connectivity index (χ2n) is 6.17. The Morgan fingerprint density at radius 1 is 1.41 bits per heavy atom. The van der Waals surface area contributed by atoms with E-state index in [1.54, 1.807) is 18.0 Å². The molecule has 2 amide bonds. The zero-order valence-electron chi connectivity index (χ0n) is 12.3. The summed E-state index contributed by atoms with van der Waals surface area (Å²) in [6.07, 6.45) is 2.55. The van der Waals surface area contributed by atoms with Gasteiger partial charge in [-0.25, -0.2) is 4.98 Å².